The van der Waals surface area contributed by atoms with Crippen molar-refractivity contribution in [1.82, 2.24) is 4.57 Å². The first-order valence-corrected chi connectivity index (χ1v) is 10.6. The second kappa shape index (κ2) is 5.75. The Bertz CT molecular complexity index is 1260. The summed E-state index contributed by atoms with van der Waals surface area (Å²) in [6.45, 7) is 11.9. The van der Waals surface area contributed by atoms with Crippen LogP contribution in [0.15, 0.2) is 41.1 Å². The number of aryl methyl sites for hydroxylation is 2. The number of para-hydroxylation sites is 1. The van der Waals surface area contributed by atoms with E-state index in [4.69, 9.17) is 4.42 Å². The lowest BCUT2D eigenvalue weighted by molar-refractivity contribution is -0.659. The Morgan fingerprint density at radius 1 is 1.00 bits per heavy atom. The lowest BCUT2D eigenvalue weighted by Crippen LogP contribution is -2.36. The van der Waals surface area contributed by atoms with Crippen molar-refractivity contribution in [2.24, 2.45) is 14.1 Å². The molecule has 1 aliphatic carbocycles. The van der Waals surface area contributed by atoms with Crippen LogP contribution in [0.4, 0.5) is 0 Å². The summed E-state index contributed by atoms with van der Waals surface area (Å²) in [5.41, 5.74) is 7.88. The molecule has 5 rings (SSSR count). The Morgan fingerprint density at radius 2 is 1.66 bits per heavy atom. The number of rotatable bonds is 1. The van der Waals surface area contributed by atoms with E-state index in [1.54, 1.807) is 0 Å². The Balaban J connectivity index is 2.10. The number of furan rings is 1. The van der Waals surface area contributed by atoms with Crippen LogP contribution >= 0.6 is 0 Å². The van der Waals surface area contributed by atoms with E-state index in [9.17, 15) is 0 Å². The van der Waals surface area contributed by atoms with Crippen LogP contribution in [-0.2, 0) is 24.9 Å². The van der Waals surface area contributed by atoms with Gasteiger partial charge in [-0.05, 0) is 53.4 Å². The Labute approximate surface area is 173 Å². The summed E-state index contributed by atoms with van der Waals surface area (Å²) in [5, 5.41) is 2.55. The number of aromatic nitrogens is 2. The standard InChI is InChI=1S/C26H31N2O/c1-16-19(24-27(6)14-15-28(24)7)23-20(17-10-8-9-11-18(17)29-23)22-21(16)25(2,3)12-13-26(22,4)5/h8-11,14-15H,12-13H2,1-7H3/q+1. The summed E-state index contributed by atoms with van der Waals surface area (Å²) in [6.07, 6.45) is 6.64. The van der Waals surface area contributed by atoms with Crippen molar-refractivity contribution in [2.45, 2.75) is 58.3 Å². The first-order chi connectivity index (χ1) is 13.6. The normalized spacial score (nSPS) is 17.8. The van der Waals surface area contributed by atoms with E-state index in [0.29, 0.717) is 0 Å². The van der Waals surface area contributed by atoms with E-state index in [-0.39, 0.29) is 10.8 Å². The van der Waals surface area contributed by atoms with Crippen LogP contribution in [0, 0.1) is 6.92 Å². The highest BCUT2D eigenvalue weighted by Crippen LogP contribution is 2.54. The second-order valence-corrected chi connectivity index (χ2v) is 10.2. The SMILES string of the molecule is Cc1c2c(c3c(oc4ccccc43)c1-c1n(C)cc[n+]1C)C(C)(C)CCC2(C)C. The zero-order chi connectivity index (χ0) is 20.7. The van der Waals surface area contributed by atoms with Gasteiger partial charge in [-0.1, -0.05) is 45.9 Å². The van der Waals surface area contributed by atoms with Crippen molar-refractivity contribution in [3.8, 4) is 11.4 Å². The fourth-order valence-electron chi connectivity index (χ4n) is 5.69. The van der Waals surface area contributed by atoms with Crippen molar-refractivity contribution >= 4 is 21.9 Å². The second-order valence-electron chi connectivity index (χ2n) is 10.2. The highest BCUT2D eigenvalue weighted by molar-refractivity contribution is 6.12. The first kappa shape index (κ1) is 18.5. The van der Waals surface area contributed by atoms with Gasteiger partial charge in [0.1, 0.15) is 23.5 Å². The number of imidazole rings is 1. The molecule has 0 atom stereocenters. The minimum absolute atomic E-state index is 0.120. The van der Waals surface area contributed by atoms with Crippen LogP contribution in [0.25, 0.3) is 33.3 Å². The van der Waals surface area contributed by atoms with Gasteiger partial charge >= 0.3 is 0 Å². The molecule has 0 radical (unpaired) electrons. The van der Waals surface area contributed by atoms with E-state index in [1.807, 2.05) is 0 Å². The van der Waals surface area contributed by atoms with Gasteiger partial charge in [0.25, 0.3) is 5.82 Å². The van der Waals surface area contributed by atoms with Crippen molar-refractivity contribution in [1.29, 1.82) is 0 Å². The zero-order valence-corrected chi connectivity index (χ0v) is 18.7. The molecule has 0 unspecified atom stereocenters. The van der Waals surface area contributed by atoms with Crippen LogP contribution in [0.5, 0.6) is 0 Å². The first-order valence-electron chi connectivity index (χ1n) is 10.6. The Morgan fingerprint density at radius 3 is 2.31 bits per heavy atom. The maximum absolute atomic E-state index is 6.60. The predicted molar refractivity (Wildman–Crippen MR) is 119 cm³/mol. The van der Waals surface area contributed by atoms with Crippen LogP contribution < -0.4 is 4.57 Å². The fraction of sp³-hybridized carbons (Fsp3) is 0.423. The molecule has 4 aromatic rings. The molecule has 3 heteroatoms. The highest BCUT2D eigenvalue weighted by atomic mass is 16.3. The molecule has 0 aliphatic heterocycles. The third-order valence-corrected chi connectivity index (χ3v) is 7.21. The highest BCUT2D eigenvalue weighted by Gasteiger charge is 2.42. The van der Waals surface area contributed by atoms with Crippen LogP contribution in [0.3, 0.4) is 0 Å². The molecule has 0 saturated carbocycles. The third kappa shape index (κ3) is 2.39. The third-order valence-electron chi connectivity index (χ3n) is 7.21. The molecule has 150 valence electrons. The van der Waals surface area contributed by atoms with Gasteiger partial charge in [0.15, 0.2) is 5.58 Å². The van der Waals surface area contributed by atoms with Crippen molar-refractivity contribution in [2.75, 3.05) is 0 Å². The topological polar surface area (TPSA) is 21.9 Å². The number of benzene rings is 2. The molecule has 0 saturated heterocycles. The molecule has 2 heterocycles. The number of hydrogen-bond donors (Lipinski definition) is 0. The van der Waals surface area contributed by atoms with E-state index in [1.165, 1.54) is 51.7 Å². The maximum atomic E-state index is 6.60. The molecule has 0 fully saturated rings. The summed E-state index contributed by atoms with van der Waals surface area (Å²) in [7, 11) is 4.25. The van der Waals surface area contributed by atoms with Gasteiger partial charge in [-0.15, -0.1) is 0 Å². The van der Waals surface area contributed by atoms with E-state index in [0.717, 1.165) is 11.2 Å². The molecule has 0 N–H and O–H groups in total. The lowest BCUT2D eigenvalue weighted by atomic mass is 9.60. The minimum atomic E-state index is 0.120. The fourth-order valence-corrected chi connectivity index (χ4v) is 5.69. The van der Waals surface area contributed by atoms with E-state index in [2.05, 4.69) is 94.5 Å². The number of nitrogens with zero attached hydrogens (tertiary/aromatic N) is 2. The zero-order valence-electron chi connectivity index (χ0n) is 18.7. The largest absolute Gasteiger partial charge is 0.455 e. The molecular weight excluding hydrogens is 356 g/mol. The van der Waals surface area contributed by atoms with Crippen LogP contribution in [0.1, 0.15) is 57.2 Å². The summed E-state index contributed by atoms with van der Waals surface area (Å²) in [5.74, 6) is 1.19. The van der Waals surface area contributed by atoms with Crippen molar-refractivity contribution < 1.29 is 8.98 Å². The van der Waals surface area contributed by atoms with Gasteiger partial charge in [0, 0.05) is 10.8 Å². The van der Waals surface area contributed by atoms with Gasteiger partial charge in [0.05, 0.1) is 14.1 Å². The molecule has 0 amide bonds. The summed E-state index contributed by atoms with van der Waals surface area (Å²) in [6, 6.07) is 8.53. The van der Waals surface area contributed by atoms with Crippen molar-refractivity contribution in [3.63, 3.8) is 0 Å². The van der Waals surface area contributed by atoms with Gasteiger partial charge in [-0.3, -0.25) is 0 Å². The van der Waals surface area contributed by atoms with E-state index >= 15 is 0 Å². The quantitative estimate of drug-likeness (QED) is 0.363. The molecule has 2 aromatic heterocycles. The summed E-state index contributed by atoms with van der Waals surface area (Å²) >= 11 is 0. The lowest BCUT2D eigenvalue weighted by Gasteiger charge is -2.43. The molecule has 2 aromatic carbocycles. The number of fused-ring (bicyclic) bond motifs is 5. The molecule has 1 aliphatic rings. The molecule has 0 spiro atoms. The molecular formula is C26H31N2O+. The summed E-state index contributed by atoms with van der Waals surface area (Å²) < 4.78 is 11.0. The predicted octanol–water partition coefficient (Wildman–Crippen LogP) is 6.07. The number of hydrogen-bond acceptors (Lipinski definition) is 1. The van der Waals surface area contributed by atoms with Crippen molar-refractivity contribution in [3.05, 3.63) is 53.3 Å². The van der Waals surface area contributed by atoms with Gasteiger partial charge in [0.2, 0.25) is 0 Å². The Hall–Kier alpha value is -2.55. The van der Waals surface area contributed by atoms with Gasteiger partial charge in [-0.25, -0.2) is 9.13 Å². The van der Waals surface area contributed by atoms with Gasteiger partial charge in [-0.2, -0.15) is 0 Å². The van der Waals surface area contributed by atoms with Gasteiger partial charge < -0.3 is 4.42 Å². The molecule has 29 heavy (non-hydrogen) atoms. The average Bonchev–Trinajstić information content (AvgIpc) is 3.19. The Kier molecular flexibility index (Phi) is 3.66. The van der Waals surface area contributed by atoms with E-state index < -0.39 is 0 Å². The minimum Gasteiger partial charge on any atom is -0.455 e. The average molecular weight is 388 g/mol. The summed E-state index contributed by atoms with van der Waals surface area (Å²) in [4.78, 5) is 0. The monoisotopic (exact) mass is 387 g/mol. The smallest absolute Gasteiger partial charge is 0.292 e. The maximum Gasteiger partial charge on any atom is 0.292 e. The van der Waals surface area contributed by atoms with Crippen LogP contribution in [0.2, 0.25) is 0 Å². The van der Waals surface area contributed by atoms with Crippen LogP contribution in [-0.4, -0.2) is 4.57 Å². The molecule has 3 nitrogen and oxygen atoms in total. The molecule has 0 bridgehead atoms.